The number of nitrogens with zero attached hydrogens (tertiary/aromatic N) is 2. The first-order valence-electron chi connectivity index (χ1n) is 14.0. The number of allylic oxidation sites excluding steroid dienone is 12. The zero-order chi connectivity index (χ0) is 30.1. The van der Waals surface area contributed by atoms with E-state index in [9.17, 15) is 19.6 Å². The Morgan fingerprint density at radius 2 is 1.41 bits per heavy atom. The van der Waals surface area contributed by atoms with Crippen molar-refractivity contribution in [2.75, 3.05) is 13.7 Å². The van der Waals surface area contributed by atoms with Gasteiger partial charge in [0.15, 0.2) is 5.69 Å². The fraction of sp³-hybridized carbons (Fsp3) is 0.406. The third-order valence-electron chi connectivity index (χ3n) is 5.63. The number of rotatable bonds is 19. The van der Waals surface area contributed by atoms with Gasteiger partial charge in [0.2, 0.25) is 17.8 Å². The average Bonchev–Trinajstić information content (AvgIpc) is 2.97. The van der Waals surface area contributed by atoms with E-state index in [1.807, 2.05) is 12.2 Å². The molecular weight excluding hydrogens is 520 g/mol. The van der Waals surface area contributed by atoms with E-state index in [-0.39, 0.29) is 24.6 Å². The molecule has 0 aliphatic rings. The molecule has 0 radical (unpaired) electrons. The van der Waals surface area contributed by atoms with Crippen molar-refractivity contribution in [2.24, 2.45) is 0 Å². The summed E-state index contributed by atoms with van der Waals surface area (Å²) in [5.41, 5.74) is 0.242. The van der Waals surface area contributed by atoms with Gasteiger partial charge in [0.1, 0.15) is 6.04 Å². The number of carbonyl (C=O) groups excluding carboxylic acids is 3. The number of amides is 2. The van der Waals surface area contributed by atoms with Gasteiger partial charge in [-0.05, 0) is 44.9 Å². The van der Waals surface area contributed by atoms with E-state index >= 15 is 0 Å². The van der Waals surface area contributed by atoms with Crippen molar-refractivity contribution >= 4 is 17.8 Å². The molecule has 2 amide bonds. The highest BCUT2D eigenvalue weighted by atomic mass is 16.5. The highest BCUT2D eigenvalue weighted by molar-refractivity contribution is 5.92. The first-order chi connectivity index (χ1) is 19.9. The number of nitrogens with one attached hydrogen (secondary N) is 2. The lowest BCUT2D eigenvalue weighted by Gasteiger charge is -2.16. The van der Waals surface area contributed by atoms with Crippen molar-refractivity contribution in [1.29, 1.82) is 0 Å². The van der Waals surface area contributed by atoms with Crippen LogP contribution in [0, 0.1) is 12.1 Å². The summed E-state index contributed by atoms with van der Waals surface area (Å²) in [5.74, 6) is -1.68. The molecule has 9 heteroatoms. The summed E-state index contributed by atoms with van der Waals surface area (Å²) in [6.07, 6.45) is 34.0. The molecular formula is C32H44N4O5. The second-order valence-corrected chi connectivity index (χ2v) is 9.05. The minimum absolute atomic E-state index is 0.0989. The molecule has 41 heavy (non-hydrogen) atoms. The third kappa shape index (κ3) is 17.1. The lowest BCUT2D eigenvalue weighted by Crippen LogP contribution is -2.49. The van der Waals surface area contributed by atoms with Crippen LogP contribution in [0.2, 0.25) is 0 Å². The summed E-state index contributed by atoms with van der Waals surface area (Å²) in [7, 11) is 1.20. The summed E-state index contributed by atoms with van der Waals surface area (Å²) in [6, 6.07) is -1.06. The van der Waals surface area contributed by atoms with Crippen LogP contribution in [0.3, 0.4) is 0 Å². The van der Waals surface area contributed by atoms with Crippen molar-refractivity contribution in [3.05, 3.63) is 102 Å². The fourth-order valence-electron chi connectivity index (χ4n) is 3.32. The number of aryl methyl sites for hydroxylation is 1. The Balaban J connectivity index is 2.25. The molecule has 0 saturated carbocycles. The normalized spacial score (nSPS) is 12.9. The van der Waals surface area contributed by atoms with Gasteiger partial charge in [0, 0.05) is 19.9 Å². The standard InChI is InChI=1S/C32H44N4O5/c1-4-5-6-7-8-9-10-11-12-13-14-15-16-17-18-19-20-21-22-23-30(37)35-28(32(39)41-3)25-34-31(38)29-26-36(40)27(2)24-33-29/h5-6,8-9,11-12,14-15,17-18,20-21,24,26,28H,4,7,10,13,16,19,22-23,25H2,1-3H3,(H,34,38)(H,35,37). The van der Waals surface area contributed by atoms with Crippen LogP contribution >= 0.6 is 0 Å². The lowest BCUT2D eigenvalue weighted by molar-refractivity contribution is -0.613. The third-order valence-corrected chi connectivity index (χ3v) is 5.63. The predicted molar refractivity (Wildman–Crippen MR) is 162 cm³/mol. The second-order valence-electron chi connectivity index (χ2n) is 9.05. The molecule has 9 nitrogen and oxygen atoms in total. The van der Waals surface area contributed by atoms with E-state index in [1.54, 1.807) is 6.92 Å². The van der Waals surface area contributed by atoms with Crippen LogP contribution in [0.4, 0.5) is 0 Å². The first-order valence-corrected chi connectivity index (χ1v) is 14.0. The van der Waals surface area contributed by atoms with Crippen LogP contribution in [0.25, 0.3) is 0 Å². The van der Waals surface area contributed by atoms with E-state index in [0.29, 0.717) is 16.8 Å². The largest absolute Gasteiger partial charge is 0.618 e. The maximum atomic E-state index is 12.3. The van der Waals surface area contributed by atoms with Crippen LogP contribution < -0.4 is 15.4 Å². The molecule has 0 saturated heterocycles. The van der Waals surface area contributed by atoms with Gasteiger partial charge in [0.05, 0.1) is 13.3 Å². The number of methoxy groups -OCH3 is 1. The summed E-state index contributed by atoms with van der Waals surface area (Å²) < 4.78 is 5.25. The molecule has 1 heterocycles. The Bertz CT molecular complexity index is 1120. The number of carbonyl (C=O) groups is 3. The van der Waals surface area contributed by atoms with E-state index < -0.39 is 17.9 Å². The highest BCUT2D eigenvalue weighted by Crippen LogP contribution is 1.99. The topological polar surface area (TPSA) is 124 Å². The van der Waals surface area contributed by atoms with Crippen molar-refractivity contribution in [2.45, 2.75) is 71.3 Å². The van der Waals surface area contributed by atoms with E-state index in [0.717, 1.165) is 44.7 Å². The van der Waals surface area contributed by atoms with Gasteiger partial charge >= 0.3 is 5.97 Å². The van der Waals surface area contributed by atoms with Gasteiger partial charge in [-0.25, -0.2) is 9.78 Å². The summed E-state index contributed by atoms with van der Waals surface area (Å²) in [5, 5.41) is 16.7. The second kappa shape index (κ2) is 22.5. The molecule has 1 aromatic heterocycles. The molecule has 0 bridgehead atoms. The van der Waals surface area contributed by atoms with Crippen LogP contribution in [-0.2, 0) is 14.3 Å². The van der Waals surface area contributed by atoms with Crippen LogP contribution in [-0.4, -0.2) is 42.5 Å². The fourth-order valence-corrected chi connectivity index (χ4v) is 3.32. The first kappa shape index (κ1) is 34.8. The van der Waals surface area contributed by atoms with Crippen molar-refractivity contribution < 1.29 is 23.9 Å². The Morgan fingerprint density at radius 3 is 1.90 bits per heavy atom. The molecule has 0 aliphatic heterocycles. The summed E-state index contributed by atoms with van der Waals surface area (Å²) in [6.45, 7) is 3.49. The van der Waals surface area contributed by atoms with Crippen molar-refractivity contribution in [3.8, 4) is 0 Å². The molecule has 1 aromatic rings. The van der Waals surface area contributed by atoms with Crippen LogP contribution in [0.1, 0.15) is 74.5 Å². The molecule has 0 fully saturated rings. The average molecular weight is 565 g/mol. The van der Waals surface area contributed by atoms with E-state index in [2.05, 4.69) is 83.3 Å². The predicted octanol–water partition coefficient (Wildman–Crippen LogP) is 4.89. The maximum Gasteiger partial charge on any atom is 0.330 e. The number of hydrogen-bond donors (Lipinski definition) is 2. The monoisotopic (exact) mass is 564 g/mol. The van der Waals surface area contributed by atoms with Gasteiger partial charge in [0.25, 0.3) is 5.91 Å². The molecule has 2 N–H and O–H groups in total. The Hall–Kier alpha value is -4.27. The van der Waals surface area contributed by atoms with Crippen molar-refractivity contribution in [1.82, 2.24) is 15.6 Å². The minimum atomic E-state index is -1.06. The summed E-state index contributed by atoms with van der Waals surface area (Å²) >= 11 is 0. The van der Waals surface area contributed by atoms with E-state index in [4.69, 9.17) is 4.74 Å². The number of esters is 1. The Morgan fingerprint density at radius 1 is 0.902 bits per heavy atom. The number of hydrogen-bond acceptors (Lipinski definition) is 6. The number of aromatic nitrogens is 2. The summed E-state index contributed by atoms with van der Waals surface area (Å²) in [4.78, 5) is 40.5. The quantitative estimate of drug-likeness (QED) is 0.107. The van der Waals surface area contributed by atoms with Crippen LogP contribution in [0.15, 0.2) is 85.3 Å². The highest BCUT2D eigenvalue weighted by Gasteiger charge is 2.23. The molecule has 0 aliphatic carbocycles. The Kier molecular flexibility index (Phi) is 19.1. The van der Waals surface area contributed by atoms with Gasteiger partial charge < -0.3 is 20.6 Å². The van der Waals surface area contributed by atoms with Gasteiger partial charge in [-0.3, -0.25) is 9.59 Å². The van der Waals surface area contributed by atoms with Crippen molar-refractivity contribution in [3.63, 3.8) is 0 Å². The lowest BCUT2D eigenvalue weighted by atomic mass is 10.2. The molecule has 0 aromatic carbocycles. The SMILES string of the molecule is CCC=CCC=CCC=CCC=CCC=CCC=CCCC(=O)NC(CNC(=O)c1c[n+]([O-])c(C)cn1)C(=O)OC. The van der Waals surface area contributed by atoms with Crippen LogP contribution in [0.5, 0.6) is 0 Å². The zero-order valence-electron chi connectivity index (χ0n) is 24.5. The van der Waals surface area contributed by atoms with Gasteiger partial charge in [-0.1, -0.05) is 79.8 Å². The number of ether oxygens (including phenoxy) is 1. The molecule has 1 atom stereocenters. The molecule has 222 valence electrons. The molecule has 1 rings (SSSR count). The van der Waals surface area contributed by atoms with E-state index in [1.165, 1.54) is 13.3 Å². The Labute approximate surface area is 244 Å². The van der Waals surface area contributed by atoms with Gasteiger partial charge in [-0.2, -0.15) is 4.73 Å². The molecule has 1 unspecified atom stereocenters. The minimum Gasteiger partial charge on any atom is -0.618 e. The smallest absolute Gasteiger partial charge is 0.330 e. The zero-order valence-corrected chi connectivity index (χ0v) is 24.5. The van der Waals surface area contributed by atoms with Gasteiger partial charge in [-0.15, -0.1) is 0 Å². The molecule has 0 spiro atoms. The maximum absolute atomic E-state index is 12.3.